The first-order valence-corrected chi connectivity index (χ1v) is 3.24. The highest BCUT2D eigenvalue weighted by Gasteiger charge is 1.89. The highest BCUT2D eigenvalue weighted by atomic mass is 35.5. The molecule has 0 aliphatic heterocycles. The molecule has 0 rings (SSSR count). The summed E-state index contributed by atoms with van der Waals surface area (Å²) in [7, 11) is 0. The average molecular weight is 162 g/mol. The summed E-state index contributed by atoms with van der Waals surface area (Å²) in [4.78, 5) is 9.41. The van der Waals surface area contributed by atoms with E-state index in [1.165, 1.54) is 5.54 Å². The summed E-state index contributed by atoms with van der Waals surface area (Å²) in [6, 6.07) is 0. The van der Waals surface area contributed by atoms with E-state index in [-0.39, 0.29) is 11.5 Å². The van der Waals surface area contributed by atoms with E-state index in [1.807, 2.05) is 0 Å². The third-order valence-electron chi connectivity index (χ3n) is 0.798. The third-order valence-corrected chi connectivity index (χ3v) is 0.944. The molecule has 0 aliphatic carbocycles. The zero-order valence-corrected chi connectivity index (χ0v) is 6.12. The predicted molar refractivity (Wildman–Crippen MR) is 40.6 cm³/mol. The monoisotopic (exact) mass is 161 g/mol. The van der Waals surface area contributed by atoms with E-state index in [1.54, 1.807) is 18.2 Å². The van der Waals surface area contributed by atoms with E-state index >= 15 is 0 Å². The van der Waals surface area contributed by atoms with Crippen LogP contribution in [0.25, 0.3) is 0 Å². The van der Waals surface area contributed by atoms with Crippen LogP contribution >= 0.6 is 11.6 Å². The molecular formula is C6H8ClNO2. The molecule has 0 aromatic rings. The van der Waals surface area contributed by atoms with Crippen LogP contribution in [0.4, 0.5) is 0 Å². The van der Waals surface area contributed by atoms with Crippen LogP contribution in [0.15, 0.2) is 23.8 Å². The quantitative estimate of drug-likeness (QED) is 0.359. The van der Waals surface area contributed by atoms with Crippen LogP contribution in [0.1, 0.15) is 6.42 Å². The van der Waals surface area contributed by atoms with Crippen molar-refractivity contribution in [2.45, 2.75) is 6.42 Å². The molecule has 0 heterocycles. The maximum Gasteiger partial charge on any atom is 0.207 e. The van der Waals surface area contributed by atoms with Crippen molar-refractivity contribution < 1.29 is 4.92 Å². The van der Waals surface area contributed by atoms with Gasteiger partial charge in [-0.05, 0) is 0 Å². The second-order valence-corrected chi connectivity index (χ2v) is 1.84. The van der Waals surface area contributed by atoms with E-state index in [4.69, 9.17) is 11.6 Å². The molecule has 0 spiro atoms. The first-order chi connectivity index (χ1) is 4.77. The van der Waals surface area contributed by atoms with Crippen molar-refractivity contribution in [2.75, 3.05) is 6.54 Å². The number of rotatable bonds is 4. The fourth-order valence-electron chi connectivity index (χ4n) is 0.397. The Morgan fingerprint density at radius 3 is 2.70 bits per heavy atom. The van der Waals surface area contributed by atoms with Crippen LogP contribution in [0.2, 0.25) is 0 Å². The van der Waals surface area contributed by atoms with Crippen molar-refractivity contribution in [3.05, 3.63) is 33.9 Å². The highest BCUT2D eigenvalue weighted by Crippen LogP contribution is 1.86. The summed E-state index contributed by atoms with van der Waals surface area (Å²) < 4.78 is 0. The lowest BCUT2D eigenvalue weighted by molar-refractivity contribution is -0.478. The van der Waals surface area contributed by atoms with Gasteiger partial charge in [0.1, 0.15) is 0 Å². The minimum Gasteiger partial charge on any atom is -0.265 e. The molecule has 0 saturated carbocycles. The van der Waals surface area contributed by atoms with E-state index < -0.39 is 0 Å². The molecule has 0 saturated heterocycles. The number of hydrogen-bond donors (Lipinski definition) is 0. The number of hydrogen-bond acceptors (Lipinski definition) is 2. The van der Waals surface area contributed by atoms with Gasteiger partial charge in [-0.1, -0.05) is 29.8 Å². The van der Waals surface area contributed by atoms with Crippen molar-refractivity contribution in [1.82, 2.24) is 0 Å². The lowest BCUT2D eigenvalue weighted by atomic mass is 10.4. The second kappa shape index (κ2) is 6.29. The molecule has 0 atom stereocenters. The van der Waals surface area contributed by atoms with Crippen LogP contribution in [-0.2, 0) is 0 Å². The Hall–Kier alpha value is -0.830. The summed E-state index contributed by atoms with van der Waals surface area (Å²) in [5, 5.41) is 9.76. The molecule has 10 heavy (non-hydrogen) atoms. The number of nitro groups is 1. The van der Waals surface area contributed by atoms with Crippen LogP contribution in [0, 0.1) is 10.1 Å². The largest absolute Gasteiger partial charge is 0.265 e. The van der Waals surface area contributed by atoms with Gasteiger partial charge in [0.25, 0.3) is 0 Å². The van der Waals surface area contributed by atoms with Gasteiger partial charge in [0.2, 0.25) is 6.54 Å². The fraction of sp³-hybridized carbons (Fsp3) is 0.333. The van der Waals surface area contributed by atoms with Crippen molar-refractivity contribution >= 4 is 11.6 Å². The molecule has 0 bridgehead atoms. The van der Waals surface area contributed by atoms with Crippen LogP contribution in [0.5, 0.6) is 0 Å². The topological polar surface area (TPSA) is 43.1 Å². The molecule has 0 aromatic carbocycles. The molecule has 4 heteroatoms. The number of halogens is 1. The smallest absolute Gasteiger partial charge is 0.207 e. The SMILES string of the molecule is O=[N+]([O-])CC/C=C\C=C\Cl. The minimum atomic E-state index is -0.352. The van der Waals surface area contributed by atoms with E-state index in [0.29, 0.717) is 6.42 Å². The molecule has 0 aliphatic rings. The van der Waals surface area contributed by atoms with Crippen LogP contribution in [0.3, 0.4) is 0 Å². The summed E-state index contributed by atoms with van der Waals surface area (Å²) in [5.41, 5.74) is 1.35. The van der Waals surface area contributed by atoms with Gasteiger partial charge in [0.15, 0.2) is 0 Å². The Morgan fingerprint density at radius 2 is 2.20 bits per heavy atom. The molecular weight excluding hydrogens is 154 g/mol. The van der Waals surface area contributed by atoms with Gasteiger partial charge in [-0.2, -0.15) is 0 Å². The molecule has 0 radical (unpaired) electrons. The summed E-state index contributed by atoms with van der Waals surface area (Å²) >= 11 is 5.18. The first-order valence-electron chi connectivity index (χ1n) is 2.81. The maximum atomic E-state index is 9.76. The Kier molecular flexibility index (Phi) is 5.77. The van der Waals surface area contributed by atoms with Crippen molar-refractivity contribution in [2.24, 2.45) is 0 Å². The van der Waals surface area contributed by atoms with Crippen molar-refractivity contribution in [3.8, 4) is 0 Å². The molecule has 0 unspecified atom stereocenters. The molecule has 3 nitrogen and oxygen atoms in total. The molecule has 0 N–H and O–H groups in total. The van der Waals surface area contributed by atoms with Gasteiger partial charge in [-0.3, -0.25) is 10.1 Å². The first kappa shape index (κ1) is 9.17. The van der Waals surface area contributed by atoms with Gasteiger partial charge in [0.05, 0.1) is 0 Å². The van der Waals surface area contributed by atoms with E-state index in [2.05, 4.69) is 0 Å². The Bertz CT molecular complexity index is 154. The molecule has 0 fully saturated rings. The molecule has 0 amide bonds. The Morgan fingerprint density at radius 1 is 1.50 bits per heavy atom. The Balaban J connectivity index is 3.27. The van der Waals surface area contributed by atoms with E-state index in [9.17, 15) is 10.1 Å². The summed E-state index contributed by atoms with van der Waals surface area (Å²) in [5.74, 6) is 0. The highest BCUT2D eigenvalue weighted by molar-refractivity contribution is 6.25. The predicted octanol–water partition coefficient (Wildman–Crippen LogP) is 1.96. The number of nitrogens with zero attached hydrogens (tertiary/aromatic N) is 1. The normalized spacial score (nSPS) is 11.3. The third kappa shape index (κ3) is 7.17. The lowest BCUT2D eigenvalue weighted by Gasteiger charge is -1.83. The second-order valence-electron chi connectivity index (χ2n) is 1.59. The number of allylic oxidation sites excluding steroid dienone is 2. The van der Waals surface area contributed by atoms with E-state index in [0.717, 1.165) is 0 Å². The average Bonchev–Trinajstić information content (AvgIpc) is 1.87. The van der Waals surface area contributed by atoms with Crippen molar-refractivity contribution in [1.29, 1.82) is 0 Å². The van der Waals surface area contributed by atoms with Gasteiger partial charge < -0.3 is 0 Å². The Labute approximate surface area is 64.1 Å². The minimum absolute atomic E-state index is 0.0212. The zero-order valence-electron chi connectivity index (χ0n) is 5.37. The summed E-state index contributed by atoms with van der Waals surface area (Å²) in [6.07, 6.45) is 5.44. The zero-order chi connectivity index (χ0) is 7.82. The molecule has 0 aromatic heterocycles. The fourth-order valence-corrected chi connectivity index (χ4v) is 0.481. The molecule has 56 valence electrons. The van der Waals surface area contributed by atoms with Crippen molar-refractivity contribution in [3.63, 3.8) is 0 Å². The lowest BCUT2D eigenvalue weighted by Crippen LogP contribution is -1.97. The van der Waals surface area contributed by atoms with Crippen LogP contribution in [-0.4, -0.2) is 11.5 Å². The van der Waals surface area contributed by atoms with Crippen LogP contribution < -0.4 is 0 Å². The van der Waals surface area contributed by atoms with Gasteiger partial charge in [0, 0.05) is 16.9 Å². The standard InChI is InChI=1S/C6H8ClNO2/c7-5-3-1-2-4-6-8(9)10/h1-3,5H,4,6H2/b2-1-,5-3+. The van der Waals surface area contributed by atoms with Gasteiger partial charge >= 0.3 is 0 Å². The van der Waals surface area contributed by atoms with Gasteiger partial charge in [-0.15, -0.1) is 0 Å². The maximum absolute atomic E-state index is 9.76. The van der Waals surface area contributed by atoms with Gasteiger partial charge in [-0.25, -0.2) is 0 Å². The summed E-state index contributed by atoms with van der Waals surface area (Å²) in [6.45, 7) is -0.0212.